The van der Waals surface area contributed by atoms with E-state index in [0.29, 0.717) is 30.3 Å². The molecule has 8 nitrogen and oxygen atoms in total. The van der Waals surface area contributed by atoms with E-state index in [2.05, 4.69) is 59.1 Å². The minimum Gasteiger partial charge on any atom is -0.496 e. The number of hydrogen-bond donors (Lipinski definition) is 1. The number of benzene rings is 3. The van der Waals surface area contributed by atoms with Crippen LogP contribution in [0.4, 0.5) is 5.69 Å². The monoisotopic (exact) mass is 599 g/mol. The number of nitrogens with two attached hydrogens (primary N) is 1. The number of rotatable bonds is 15. The zero-order valence-corrected chi connectivity index (χ0v) is 26.2. The summed E-state index contributed by atoms with van der Waals surface area (Å²) in [5, 5.41) is 0. The Morgan fingerprint density at radius 2 is 1.89 bits per heavy atom. The zero-order chi connectivity index (χ0) is 30.9. The van der Waals surface area contributed by atoms with Gasteiger partial charge in [0.1, 0.15) is 17.4 Å². The van der Waals surface area contributed by atoms with Gasteiger partial charge in [0.2, 0.25) is 12.5 Å². The Hall–Kier alpha value is -3.97. The second-order valence-corrected chi connectivity index (χ2v) is 11.6. The lowest BCUT2D eigenvalue weighted by atomic mass is 9.93. The molecule has 234 valence electrons. The quantitative estimate of drug-likeness (QED) is 0.210. The Morgan fingerprint density at radius 3 is 2.66 bits per heavy atom. The molecule has 0 unspecified atom stereocenters. The average molecular weight is 600 g/mol. The second kappa shape index (κ2) is 15.2. The van der Waals surface area contributed by atoms with Gasteiger partial charge in [0.15, 0.2) is 11.5 Å². The van der Waals surface area contributed by atoms with Crippen molar-refractivity contribution < 1.29 is 23.7 Å². The van der Waals surface area contributed by atoms with Gasteiger partial charge >= 0.3 is 0 Å². The van der Waals surface area contributed by atoms with Crippen molar-refractivity contribution in [2.24, 2.45) is 5.73 Å². The van der Waals surface area contributed by atoms with Crippen molar-refractivity contribution in [2.45, 2.75) is 64.0 Å². The summed E-state index contributed by atoms with van der Waals surface area (Å²) in [6.07, 6.45) is 5.92. The topological polar surface area (TPSA) is 86.5 Å². The van der Waals surface area contributed by atoms with Gasteiger partial charge in [-0.2, -0.15) is 0 Å². The minimum atomic E-state index is 0.198. The van der Waals surface area contributed by atoms with Crippen molar-refractivity contribution in [1.82, 2.24) is 4.90 Å². The molecule has 0 spiro atoms. The molecule has 2 atom stereocenters. The fourth-order valence-corrected chi connectivity index (χ4v) is 6.50. The number of carbonyl (C=O) groups excluding carboxylic acids is 1. The van der Waals surface area contributed by atoms with Gasteiger partial charge in [0.25, 0.3) is 0 Å². The molecular weight excluding hydrogens is 554 g/mol. The van der Waals surface area contributed by atoms with Crippen LogP contribution in [0.5, 0.6) is 23.0 Å². The van der Waals surface area contributed by atoms with E-state index in [1.165, 1.54) is 11.1 Å². The lowest BCUT2D eigenvalue weighted by molar-refractivity contribution is 0.171. The third-order valence-electron chi connectivity index (χ3n) is 8.85. The Kier molecular flexibility index (Phi) is 10.8. The molecule has 0 saturated carbocycles. The third-order valence-corrected chi connectivity index (χ3v) is 8.85. The van der Waals surface area contributed by atoms with Crippen LogP contribution in [0, 0.1) is 0 Å². The summed E-state index contributed by atoms with van der Waals surface area (Å²) in [5.41, 5.74) is 11.0. The van der Waals surface area contributed by atoms with Gasteiger partial charge in [-0.3, -0.25) is 4.90 Å². The summed E-state index contributed by atoms with van der Waals surface area (Å²) >= 11 is 0. The smallest absolute Gasteiger partial charge is 0.231 e. The van der Waals surface area contributed by atoms with E-state index >= 15 is 0 Å². The molecule has 44 heavy (non-hydrogen) atoms. The first kappa shape index (κ1) is 31.5. The van der Waals surface area contributed by atoms with Crippen LogP contribution in [0.15, 0.2) is 66.4 Å². The molecule has 3 aromatic rings. The summed E-state index contributed by atoms with van der Waals surface area (Å²) < 4.78 is 22.7. The van der Waals surface area contributed by atoms with Gasteiger partial charge in [-0.1, -0.05) is 43.7 Å². The van der Waals surface area contributed by atoms with E-state index in [9.17, 15) is 4.79 Å². The van der Waals surface area contributed by atoms with E-state index in [1.54, 1.807) is 14.2 Å². The number of unbranched alkanes of at least 4 members (excludes halogenated alkanes) is 1. The van der Waals surface area contributed by atoms with E-state index in [1.807, 2.05) is 24.3 Å². The highest BCUT2D eigenvalue weighted by Crippen LogP contribution is 2.45. The predicted octanol–water partition coefficient (Wildman–Crippen LogP) is 6.09. The SMILES string of the molecule is CCCCN(C(=C=O)CN1C[C@H](c2cc(OC)c3c(c2)OCO3)C[C@@H]1CCCc1ccccc1OC)c1cccc(CN)c1. The lowest BCUT2D eigenvalue weighted by Gasteiger charge is -2.31. The molecule has 0 aromatic heterocycles. The molecule has 8 heteroatoms. The molecule has 2 aliphatic heterocycles. The van der Waals surface area contributed by atoms with Crippen LogP contribution in [-0.4, -0.2) is 57.5 Å². The van der Waals surface area contributed by atoms with Crippen LogP contribution < -0.4 is 29.6 Å². The maximum Gasteiger partial charge on any atom is 0.231 e. The number of fused-ring (bicyclic) bond motifs is 1. The fourth-order valence-electron chi connectivity index (χ4n) is 6.50. The fraction of sp³-hybridized carbons (Fsp3) is 0.444. The molecule has 3 aromatic carbocycles. The first-order valence-electron chi connectivity index (χ1n) is 15.7. The summed E-state index contributed by atoms with van der Waals surface area (Å²) in [6.45, 7) is 4.92. The molecule has 2 heterocycles. The van der Waals surface area contributed by atoms with Crippen LogP contribution in [0.2, 0.25) is 0 Å². The molecule has 2 aliphatic rings. The number of hydrogen-bond acceptors (Lipinski definition) is 8. The highest BCUT2D eigenvalue weighted by atomic mass is 16.7. The van der Waals surface area contributed by atoms with Crippen LogP contribution in [0.25, 0.3) is 0 Å². The Morgan fingerprint density at radius 1 is 1.05 bits per heavy atom. The zero-order valence-electron chi connectivity index (χ0n) is 26.2. The number of para-hydroxylation sites is 1. The molecule has 0 amide bonds. The average Bonchev–Trinajstić information content (AvgIpc) is 3.71. The molecule has 0 aliphatic carbocycles. The first-order chi connectivity index (χ1) is 21.6. The van der Waals surface area contributed by atoms with Crippen molar-refractivity contribution in [3.63, 3.8) is 0 Å². The Balaban J connectivity index is 1.39. The molecular formula is C36H45N3O5. The summed E-state index contributed by atoms with van der Waals surface area (Å²) in [4.78, 5) is 17.3. The predicted molar refractivity (Wildman–Crippen MR) is 174 cm³/mol. The largest absolute Gasteiger partial charge is 0.496 e. The van der Waals surface area contributed by atoms with Gasteiger partial charge in [0.05, 0.1) is 14.2 Å². The molecule has 2 N–H and O–H groups in total. The molecule has 0 bridgehead atoms. The summed E-state index contributed by atoms with van der Waals surface area (Å²) in [5.74, 6) is 5.62. The van der Waals surface area contributed by atoms with Crippen molar-refractivity contribution in [3.05, 3.63) is 83.1 Å². The van der Waals surface area contributed by atoms with Crippen LogP contribution in [-0.2, 0) is 17.8 Å². The van der Waals surface area contributed by atoms with Crippen molar-refractivity contribution >= 4 is 11.6 Å². The number of nitrogens with zero attached hydrogens (tertiary/aromatic N) is 2. The van der Waals surface area contributed by atoms with Crippen molar-refractivity contribution in [2.75, 3.05) is 45.5 Å². The number of methoxy groups -OCH3 is 2. The third kappa shape index (κ3) is 7.21. The van der Waals surface area contributed by atoms with Crippen LogP contribution in [0.1, 0.15) is 61.6 Å². The normalized spacial score (nSPS) is 17.4. The maximum absolute atomic E-state index is 12.6. The van der Waals surface area contributed by atoms with E-state index in [0.717, 1.165) is 74.4 Å². The van der Waals surface area contributed by atoms with Crippen molar-refractivity contribution in [1.29, 1.82) is 0 Å². The standard InChI is InChI=1S/C36H45N3O5/c1-4-5-16-39(31-14-8-10-26(17-31)21-37)32(24-40)23-38-22-29(28-19-34(42-3)36-35(20-28)43-25-44-36)18-30(38)13-9-12-27-11-6-7-15-33(27)41-2/h6-8,10-11,14-15,17,19-20,29-30H,4-5,9,12-13,16,18,21-23,25,37H2,1-3H3/t29-,30+/m1/s1. The molecule has 0 radical (unpaired) electrons. The van der Waals surface area contributed by atoms with E-state index in [4.69, 9.17) is 24.7 Å². The summed E-state index contributed by atoms with van der Waals surface area (Å²) in [6, 6.07) is 20.9. The van der Waals surface area contributed by atoms with Gasteiger partial charge in [0, 0.05) is 37.9 Å². The van der Waals surface area contributed by atoms with Gasteiger partial charge < -0.3 is 29.6 Å². The van der Waals surface area contributed by atoms with E-state index in [-0.39, 0.29) is 18.8 Å². The number of anilines is 1. The molecule has 1 saturated heterocycles. The second-order valence-electron chi connectivity index (χ2n) is 11.6. The molecule has 5 rings (SSSR count). The van der Waals surface area contributed by atoms with Gasteiger partial charge in [-0.25, -0.2) is 4.79 Å². The Bertz CT molecular complexity index is 1450. The first-order valence-corrected chi connectivity index (χ1v) is 15.7. The highest BCUT2D eigenvalue weighted by Gasteiger charge is 2.35. The number of ether oxygens (including phenoxy) is 4. The van der Waals surface area contributed by atoms with Crippen LogP contribution in [0.3, 0.4) is 0 Å². The van der Waals surface area contributed by atoms with Crippen LogP contribution >= 0.6 is 0 Å². The highest BCUT2D eigenvalue weighted by molar-refractivity contribution is 5.65. The van der Waals surface area contributed by atoms with Gasteiger partial charge in [-0.15, -0.1) is 0 Å². The van der Waals surface area contributed by atoms with Gasteiger partial charge in [-0.05, 0) is 85.0 Å². The Labute approximate surface area is 261 Å². The van der Waals surface area contributed by atoms with Crippen molar-refractivity contribution in [3.8, 4) is 23.0 Å². The maximum atomic E-state index is 12.6. The lowest BCUT2D eigenvalue weighted by Crippen LogP contribution is -2.37. The molecule has 1 fully saturated rings. The van der Waals surface area contributed by atoms with E-state index < -0.39 is 0 Å². The minimum absolute atomic E-state index is 0.198. The number of likely N-dealkylation sites (tertiary alicyclic amines) is 1. The summed E-state index contributed by atoms with van der Waals surface area (Å²) in [7, 11) is 3.39. The number of aryl methyl sites for hydroxylation is 1.